The van der Waals surface area contributed by atoms with Gasteiger partial charge in [-0.05, 0) is 12.8 Å². The van der Waals surface area contributed by atoms with Crippen LogP contribution in [0.4, 0.5) is 4.79 Å². The van der Waals surface area contributed by atoms with Crippen molar-refractivity contribution in [1.82, 2.24) is 20.6 Å². The van der Waals surface area contributed by atoms with Gasteiger partial charge in [0.2, 0.25) is 0 Å². The van der Waals surface area contributed by atoms with Gasteiger partial charge >= 0.3 is 12.0 Å². The van der Waals surface area contributed by atoms with Gasteiger partial charge in [0, 0.05) is 24.9 Å². The van der Waals surface area contributed by atoms with E-state index in [1.165, 1.54) is 12.5 Å². The second kappa shape index (κ2) is 7.91. The average Bonchev–Trinajstić information content (AvgIpc) is 2.86. The van der Waals surface area contributed by atoms with Gasteiger partial charge < -0.3 is 20.7 Å². The summed E-state index contributed by atoms with van der Waals surface area (Å²) < 4.78 is 0. The van der Waals surface area contributed by atoms with E-state index in [0.717, 1.165) is 12.8 Å². The summed E-state index contributed by atoms with van der Waals surface area (Å²) in [7, 11) is 0. The Morgan fingerprint density at radius 3 is 2.95 bits per heavy atom. The fourth-order valence-electron chi connectivity index (χ4n) is 1.47. The molecule has 0 radical (unpaired) electrons. The van der Waals surface area contributed by atoms with E-state index in [9.17, 15) is 9.59 Å². The summed E-state index contributed by atoms with van der Waals surface area (Å²) in [5.74, 6) is -1.09. The number of hydrogen-bond donors (Lipinski definition) is 4. The molecule has 1 aromatic rings. The third-order valence-corrected chi connectivity index (χ3v) is 2.45. The maximum absolute atomic E-state index is 11.5. The molecule has 104 valence electrons. The van der Waals surface area contributed by atoms with Gasteiger partial charge in [0.15, 0.2) is 0 Å². The SMILES string of the molecule is C=CCCCNC(=O)NC(Cc1cnc[nH]1)C(=O)O. The van der Waals surface area contributed by atoms with Crippen LogP contribution < -0.4 is 10.6 Å². The first kappa shape index (κ1) is 14.7. The van der Waals surface area contributed by atoms with Gasteiger partial charge in [-0.25, -0.2) is 14.6 Å². The van der Waals surface area contributed by atoms with Gasteiger partial charge in [0.25, 0.3) is 0 Å². The number of imidazole rings is 1. The number of nitrogens with one attached hydrogen (secondary N) is 3. The van der Waals surface area contributed by atoms with E-state index < -0.39 is 18.0 Å². The lowest BCUT2D eigenvalue weighted by atomic mass is 10.2. The molecule has 0 saturated carbocycles. The minimum absolute atomic E-state index is 0.162. The van der Waals surface area contributed by atoms with Crippen molar-refractivity contribution in [2.75, 3.05) is 6.54 Å². The summed E-state index contributed by atoms with van der Waals surface area (Å²) in [6.45, 7) is 4.06. The van der Waals surface area contributed by atoms with Gasteiger partial charge in [0.05, 0.1) is 6.33 Å². The molecular weight excluding hydrogens is 248 g/mol. The van der Waals surface area contributed by atoms with E-state index in [2.05, 4.69) is 27.2 Å². The Labute approximate surface area is 111 Å². The zero-order chi connectivity index (χ0) is 14.1. The number of carboxylic acids is 1. The molecule has 1 aromatic heterocycles. The van der Waals surface area contributed by atoms with Crippen LogP contribution in [0.3, 0.4) is 0 Å². The minimum Gasteiger partial charge on any atom is -0.480 e. The molecule has 0 saturated heterocycles. The number of hydrogen-bond acceptors (Lipinski definition) is 3. The normalized spacial score (nSPS) is 11.6. The fourth-order valence-corrected chi connectivity index (χ4v) is 1.47. The highest BCUT2D eigenvalue weighted by Crippen LogP contribution is 1.98. The lowest BCUT2D eigenvalue weighted by Gasteiger charge is -2.14. The van der Waals surface area contributed by atoms with E-state index in [0.29, 0.717) is 12.2 Å². The first-order valence-corrected chi connectivity index (χ1v) is 5.98. The van der Waals surface area contributed by atoms with E-state index in [-0.39, 0.29) is 6.42 Å². The molecule has 0 aliphatic heterocycles. The molecule has 0 fully saturated rings. The average molecular weight is 266 g/mol. The third-order valence-electron chi connectivity index (χ3n) is 2.45. The number of aromatic nitrogens is 2. The van der Waals surface area contributed by atoms with E-state index >= 15 is 0 Å². The van der Waals surface area contributed by atoms with E-state index in [1.54, 1.807) is 6.08 Å². The summed E-state index contributed by atoms with van der Waals surface area (Å²) in [4.78, 5) is 29.2. The number of allylic oxidation sites excluding steroid dienone is 1. The van der Waals surface area contributed by atoms with Gasteiger partial charge in [-0.2, -0.15) is 0 Å². The Morgan fingerprint density at radius 1 is 1.58 bits per heavy atom. The molecule has 0 bridgehead atoms. The number of nitrogens with zero attached hydrogens (tertiary/aromatic N) is 1. The molecule has 7 heteroatoms. The summed E-state index contributed by atoms with van der Waals surface area (Å²) in [6, 6.07) is -1.48. The lowest BCUT2D eigenvalue weighted by Crippen LogP contribution is -2.47. The quantitative estimate of drug-likeness (QED) is 0.410. The largest absolute Gasteiger partial charge is 0.480 e. The van der Waals surface area contributed by atoms with Crippen LogP contribution in [0.15, 0.2) is 25.2 Å². The molecule has 1 unspecified atom stereocenters. The number of aliphatic carboxylic acids is 1. The van der Waals surface area contributed by atoms with Crippen LogP contribution in [-0.4, -0.2) is 39.7 Å². The van der Waals surface area contributed by atoms with Crippen molar-refractivity contribution >= 4 is 12.0 Å². The smallest absolute Gasteiger partial charge is 0.326 e. The van der Waals surface area contributed by atoms with E-state index in [4.69, 9.17) is 5.11 Å². The summed E-state index contributed by atoms with van der Waals surface area (Å²) in [5, 5.41) is 14.0. The molecule has 0 spiro atoms. The highest BCUT2D eigenvalue weighted by molar-refractivity contribution is 5.82. The molecule has 0 aliphatic carbocycles. The molecule has 0 aromatic carbocycles. The first-order valence-electron chi connectivity index (χ1n) is 5.98. The molecule has 1 atom stereocenters. The number of carbonyl (C=O) groups is 2. The maximum Gasteiger partial charge on any atom is 0.326 e. The third kappa shape index (κ3) is 5.71. The zero-order valence-corrected chi connectivity index (χ0v) is 10.6. The molecule has 0 aliphatic rings. The van der Waals surface area contributed by atoms with Crippen LogP contribution in [0.5, 0.6) is 0 Å². The molecule has 4 N–H and O–H groups in total. The molecule has 1 rings (SSSR count). The van der Waals surface area contributed by atoms with Crippen molar-refractivity contribution in [3.8, 4) is 0 Å². The van der Waals surface area contributed by atoms with Crippen LogP contribution in [0, 0.1) is 0 Å². The predicted molar refractivity (Wildman–Crippen MR) is 69.7 cm³/mol. The number of carboxylic acid groups (broad SMARTS) is 1. The number of urea groups is 1. The molecular formula is C12H18N4O3. The van der Waals surface area contributed by atoms with Crippen LogP contribution in [0.2, 0.25) is 0 Å². The predicted octanol–water partition coefficient (Wildman–Crippen LogP) is 0.671. The van der Waals surface area contributed by atoms with Gasteiger partial charge in [-0.1, -0.05) is 6.08 Å². The Balaban J connectivity index is 2.38. The standard InChI is InChI=1S/C12H18N4O3/c1-2-3-4-5-14-12(19)16-10(11(17)18)6-9-7-13-8-15-9/h2,7-8,10H,1,3-6H2,(H,13,15)(H,17,18)(H2,14,16,19). The number of H-pyrrole nitrogens is 1. The second-order valence-electron chi connectivity index (χ2n) is 4.00. The van der Waals surface area contributed by atoms with Crippen molar-refractivity contribution in [3.05, 3.63) is 30.9 Å². The van der Waals surface area contributed by atoms with Crippen LogP contribution in [-0.2, 0) is 11.2 Å². The van der Waals surface area contributed by atoms with Crippen molar-refractivity contribution in [3.63, 3.8) is 0 Å². The number of amides is 2. The lowest BCUT2D eigenvalue weighted by molar-refractivity contribution is -0.139. The molecule has 1 heterocycles. The first-order chi connectivity index (χ1) is 9.13. The topological polar surface area (TPSA) is 107 Å². The Kier molecular flexibility index (Phi) is 6.14. The molecule has 7 nitrogen and oxygen atoms in total. The maximum atomic E-state index is 11.5. The number of unbranched alkanes of at least 4 members (excludes halogenated alkanes) is 1. The summed E-state index contributed by atoms with van der Waals surface area (Å²) >= 11 is 0. The van der Waals surface area contributed by atoms with Crippen LogP contribution in [0.1, 0.15) is 18.5 Å². The van der Waals surface area contributed by atoms with Crippen molar-refractivity contribution in [2.24, 2.45) is 0 Å². The van der Waals surface area contributed by atoms with Gasteiger partial charge in [0.1, 0.15) is 6.04 Å². The van der Waals surface area contributed by atoms with Gasteiger partial charge in [-0.15, -0.1) is 6.58 Å². The van der Waals surface area contributed by atoms with Crippen molar-refractivity contribution < 1.29 is 14.7 Å². The van der Waals surface area contributed by atoms with Crippen molar-refractivity contribution in [2.45, 2.75) is 25.3 Å². The van der Waals surface area contributed by atoms with Crippen molar-refractivity contribution in [1.29, 1.82) is 0 Å². The monoisotopic (exact) mass is 266 g/mol. The highest BCUT2D eigenvalue weighted by Gasteiger charge is 2.20. The highest BCUT2D eigenvalue weighted by atomic mass is 16.4. The number of rotatable bonds is 8. The second-order valence-corrected chi connectivity index (χ2v) is 4.00. The number of carbonyl (C=O) groups excluding carboxylic acids is 1. The van der Waals surface area contributed by atoms with E-state index in [1.807, 2.05) is 0 Å². The Bertz CT molecular complexity index is 417. The fraction of sp³-hybridized carbons (Fsp3) is 0.417. The summed E-state index contributed by atoms with van der Waals surface area (Å²) in [5.41, 5.74) is 0.652. The van der Waals surface area contributed by atoms with Crippen LogP contribution in [0.25, 0.3) is 0 Å². The van der Waals surface area contributed by atoms with Gasteiger partial charge in [-0.3, -0.25) is 0 Å². The van der Waals surface area contributed by atoms with Crippen LogP contribution >= 0.6 is 0 Å². The zero-order valence-electron chi connectivity index (χ0n) is 10.6. The molecule has 2 amide bonds. The number of aromatic amines is 1. The summed E-state index contributed by atoms with van der Waals surface area (Å²) in [6.07, 6.45) is 6.49. The Hall–Kier alpha value is -2.31. The molecule has 19 heavy (non-hydrogen) atoms. The minimum atomic E-state index is -1.09. The Morgan fingerprint density at radius 2 is 2.37 bits per heavy atom.